The lowest BCUT2D eigenvalue weighted by atomic mass is 9.96. The van der Waals surface area contributed by atoms with Gasteiger partial charge in [0.15, 0.2) is 0 Å². The monoisotopic (exact) mass is 286 g/mol. The minimum absolute atomic E-state index is 0.233. The zero-order valence-corrected chi connectivity index (χ0v) is 11.5. The van der Waals surface area contributed by atoms with Gasteiger partial charge in [-0.2, -0.15) is 13.2 Å². The van der Waals surface area contributed by atoms with Gasteiger partial charge in [-0.1, -0.05) is 18.2 Å². The molecule has 0 saturated carbocycles. The summed E-state index contributed by atoms with van der Waals surface area (Å²) in [7, 11) is 0. The number of likely N-dealkylation sites (tertiary alicyclic amines) is 1. The SMILES string of the molecule is Nc1ccccc1CCCN1CCC(C(F)(F)F)CC1. The zero-order chi connectivity index (χ0) is 14.6. The summed E-state index contributed by atoms with van der Waals surface area (Å²) in [5.74, 6) is -1.11. The van der Waals surface area contributed by atoms with Gasteiger partial charge in [-0.25, -0.2) is 0 Å². The maximum atomic E-state index is 12.6. The fourth-order valence-corrected chi connectivity index (χ4v) is 2.74. The number of nitrogen functional groups attached to an aromatic ring is 1. The van der Waals surface area contributed by atoms with Crippen molar-refractivity contribution < 1.29 is 13.2 Å². The molecule has 0 aliphatic carbocycles. The largest absolute Gasteiger partial charge is 0.399 e. The predicted octanol–water partition coefficient (Wildman–Crippen LogP) is 3.48. The van der Waals surface area contributed by atoms with E-state index in [1.54, 1.807) is 0 Å². The van der Waals surface area contributed by atoms with Crippen molar-refractivity contribution in [1.82, 2.24) is 4.90 Å². The Kier molecular flexibility index (Phi) is 4.91. The van der Waals surface area contributed by atoms with Crippen molar-refractivity contribution in [2.45, 2.75) is 31.9 Å². The predicted molar refractivity (Wildman–Crippen MR) is 74.4 cm³/mol. The highest BCUT2D eigenvalue weighted by Crippen LogP contribution is 2.34. The number of halogens is 3. The van der Waals surface area contributed by atoms with E-state index in [9.17, 15) is 13.2 Å². The summed E-state index contributed by atoms with van der Waals surface area (Å²) in [4.78, 5) is 2.13. The normalized spacial score (nSPS) is 18.4. The number of nitrogens with zero attached hydrogens (tertiary/aromatic N) is 1. The summed E-state index contributed by atoms with van der Waals surface area (Å²) in [6.45, 7) is 1.95. The highest BCUT2D eigenvalue weighted by atomic mass is 19.4. The van der Waals surface area contributed by atoms with E-state index in [4.69, 9.17) is 5.73 Å². The second-order valence-corrected chi connectivity index (χ2v) is 5.46. The van der Waals surface area contributed by atoms with Crippen LogP contribution in [0.1, 0.15) is 24.8 Å². The van der Waals surface area contributed by atoms with Crippen LogP contribution in [-0.2, 0) is 6.42 Å². The quantitative estimate of drug-likeness (QED) is 0.859. The first kappa shape index (κ1) is 15.2. The lowest BCUT2D eigenvalue weighted by molar-refractivity contribution is -0.185. The minimum Gasteiger partial charge on any atom is -0.399 e. The third-order valence-electron chi connectivity index (χ3n) is 4.03. The van der Waals surface area contributed by atoms with Crippen LogP contribution >= 0.6 is 0 Å². The summed E-state index contributed by atoms with van der Waals surface area (Å²) >= 11 is 0. The Balaban J connectivity index is 1.71. The van der Waals surface area contributed by atoms with E-state index in [0.717, 1.165) is 30.6 Å². The number of hydrogen-bond donors (Lipinski definition) is 1. The number of rotatable bonds is 4. The van der Waals surface area contributed by atoms with Crippen molar-refractivity contribution in [3.05, 3.63) is 29.8 Å². The molecule has 1 aromatic carbocycles. The van der Waals surface area contributed by atoms with Gasteiger partial charge in [0.05, 0.1) is 5.92 Å². The van der Waals surface area contributed by atoms with Crippen LogP contribution in [0.25, 0.3) is 0 Å². The van der Waals surface area contributed by atoms with Gasteiger partial charge < -0.3 is 10.6 Å². The van der Waals surface area contributed by atoms with Crippen molar-refractivity contribution in [2.75, 3.05) is 25.4 Å². The minimum atomic E-state index is -4.02. The Morgan fingerprint density at radius 2 is 1.80 bits per heavy atom. The molecule has 1 heterocycles. The maximum absolute atomic E-state index is 12.6. The Hall–Kier alpha value is -1.23. The molecule has 112 valence electrons. The second-order valence-electron chi connectivity index (χ2n) is 5.46. The molecule has 0 radical (unpaired) electrons. The molecule has 2 N–H and O–H groups in total. The smallest absolute Gasteiger partial charge is 0.391 e. The number of benzene rings is 1. The van der Waals surface area contributed by atoms with E-state index in [-0.39, 0.29) is 12.8 Å². The van der Waals surface area contributed by atoms with E-state index < -0.39 is 12.1 Å². The molecule has 1 aliphatic rings. The van der Waals surface area contributed by atoms with Crippen LogP contribution in [-0.4, -0.2) is 30.7 Å². The molecule has 0 atom stereocenters. The lowest BCUT2D eigenvalue weighted by Crippen LogP contribution is -2.39. The molecular formula is C15H21F3N2. The molecule has 0 bridgehead atoms. The van der Waals surface area contributed by atoms with Gasteiger partial charge in [-0.05, 0) is 56.9 Å². The molecule has 1 aliphatic heterocycles. The summed E-state index contributed by atoms with van der Waals surface area (Å²) < 4.78 is 37.7. The average molecular weight is 286 g/mol. The van der Waals surface area contributed by atoms with Gasteiger partial charge in [-0.15, -0.1) is 0 Å². The molecule has 2 rings (SSSR count). The molecule has 0 spiro atoms. The number of piperidine rings is 1. The number of para-hydroxylation sites is 1. The van der Waals surface area contributed by atoms with Crippen LogP contribution < -0.4 is 5.73 Å². The Morgan fingerprint density at radius 1 is 1.15 bits per heavy atom. The van der Waals surface area contributed by atoms with E-state index in [1.807, 2.05) is 24.3 Å². The first-order valence-electron chi connectivity index (χ1n) is 7.09. The van der Waals surface area contributed by atoms with Gasteiger partial charge in [0, 0.05) is 5.69 Å². The van der Waals surface area contributed by atoms with Crippen molar-refractivity contribution in [2.24, 2.45) is 5.92 Å². The first-order valence-corrected chi connectivity index (χ1v) is 7.09. The molecule has 20 heavy (non-hydrogen) atoms. The summed E-state index contributed by atoms with van der Waals surface area (Å²) in [6, 6.07) is 7.75. The van der Waals surface area contributed by atoms with Crippen molar-refractivity contribution in [3.63, 3.8) is 0 Å². The van der Waals surface area contributed by atoms with Crippen LogP contribution in [0.4, 0.5) is 18.9 Å². The van der Waals surface area contributed by atoms with Gasteiger partial charge in [-0.3, -0.25) is 0 Å². The molecule has 2 nitrogen and oxygen atoms in total. The number of alkyl halides is 3. The third-order valence-corrected chi connectivity index (χ3v) is 4.03. The fourth-order valence-electron chi connectivity index (χ4n) is 2.74. The Bertz CT molecular complexity index is 423. The standard InChI is InChI=1S/C15H21F3N2/c16-15(17,18)13-7-10-20(11-8-13)9-3-5-12-4-1-2-6-14(12)19/h1-2,4,6,13H,3,5,7-11,19H2. The van der Waals surface area contributed by atoms with E-state index >= 15 is 0 Å². The number of hydrogen-bond acceptors (Lipinski definition) is 2. The number of nitrogens with two attached hydrogens (primary N) is 1. The van der Waals surface area contributed by atoms with Crippen LogP contribution in [0.15, 0.2) is 24.3 Å². The zero-order valence-electron chi connectivity index (χ0n) is 11.5. The first-order chi connectivity index (χ1) is 9.47. The summed E-state index contributed by atoms with van der Waals surface area (Å²) in [5, 5.41) is 0. The molecule has 1 saturated heterocycles. The molecule has 0 unspecified atom stereocenters. The van der Waals surface area contributed by atoms with Crippen LogP contribution in [0, 0.1) is 5.92 Å². The number of anilines is 1. The highest BCUT2D eigenvalue weighted by Gasteiger charge is 2.40. The van der Waals surface area contributed by atoms with E-state index in [0.29, 0.717) is 13.1 Å². The van der Waals surface area contributed by atoms with Crippen LogP contribution in [0.5, 0.6) is 0 Å². The number of aryl methyl sites for hydroxylation is 1. The molecule has 1 fully saturated rings. The van der Waals surface area contributed by atoms with Crippen LogP contribution in [0.2, 0.25) is 0 Å². The Morgan fingerprint density at radius 3 is 2.40 bits per heavy atom. The van der Waals surface area contributed by atoms with Crippen molar-refractivity contribution in [3.8, 4) is 0 Å². The summed E-state index contributed by atoms with van der Waals surface area (Å²) in [6.07, 6.45) is -1.74. The van der Waals surface area contributed by atoms with Crippen LogP contribution in [0.3, 0.4) is 0 Å². The third kappa shape index (κ3) is 4.13. The topological polar surface area (TPSA) is 29.3 Å². The van der Waals surface area contributed by atoms with E-state index in [2.05, 4.69) is 4.90 Å². The van der Waals surface area contributed by atoms with Crippen molar-refractivity contribution in [1.29, 1.82) is 0 Å². The lowest BCUT2D eigenvalue weighted by Gasteiger charge is -2.32. The molecular weight excluding hydrogens is 265 g/mol. The van der Waals surface area contributed by atoms with Gasteiger partial charge in [0.2, 0.25) is 0 Å². The fraction of sp³-hybridized carbons (Fsp3) is 0.600. The molecule has 5 heteroatoms. The maximum Gasteiger partial charge on any atom is 0.391 e. The molecule has 0 amide bonds. The second kappa shape index (κ2) is 6.48. The molecule has 0 aromatic heterocycles. The molecule has 1 aromatic rings. The van der Waals surface area contributed by atoms with Gasteiger partial charge in [0.25, 0.3) is 0 Å². The highest BCUT2D eigenvalue weighted by molar-refractivity contribution is 5.46. The summed E-state index contributed by atoms with van der Waals surface area (Å²) in [5.41, 5.74) is 7.78. The Labute approximate surface area is 117 Å². The van der Waals surface area contributed by atoms with E-state index in [1.165, 1.54) is 0 Å². The van der Waals surface area contributed by atoms with Gasteiger partial charge >= 0.3 is 6.18 Å². The van der Waals surface area contributed by atoms with Crippen molar-refractivity contribution >= 4 is 5.69 Å². The average Bonchev–Trinajstić information content (AvgIpc) is 2.40. The van der Waals surface area contributed by atoms with Gasteiger partial charge in [0.1, 0.15) is 0 Å².